The summed E-state index contributed by atoms with van der Waals surface area (Å²) in [6, 6.07) is 10.3. The van der Waals surface area contributed by atoms with Crippen LogP contribution in [-0.2, 0) is 12.7 Å². The van der Waals surface area contributed by atoms with E-state index in [0.717, 1.165) is 6.07 Å². The van der Waals surface area contributed by atoms with Gasteiger partial charge in [-0.2, -0.15) is 13.2 Å². The lowest BCUT2D eigenvalue weighted by Crippen LogP contribution is -2.09. The van der Waals surface area contributed by atoms with Gasteiger partial charge in [-0.05, 0) is 29.8 Å². The number of halogens is 3. The fourth-order valence-electron chi connectivity index (χ4n) is 1.84. The molecule has 0 heterocycles. The van der Waals surface area contributed by atoms with Gasteiger partial charge in [-0.3, -0.25) is 0 Å². The van der Waals surface area contributed by atoms with Crippen molar-refractivity contribution in [2.75, 3.05) is 7.11 Å². The summed E-state index contributed by atoms with van der Waals surface area (Å²) >= 11 is 0. The Hall–Kier alpha value is -2.21. The molecular formula is C15H14F3NO2. The predicted octanol–water partition coefficient (Wildman–Crippen LogP) is 3.97. The maximum absolute atomic E-state index is 13.1. The Labute approximate surface area is 120 Å². The molecule has 2 aromatic rings. The summed E-state index contributed by atoms with van der Waals surface area (Å²) in [4.78, 5) is 0. The minimum atomic E-state index is -4.53. The Balaban J connectivity index is 2.44. The Kier molecular flexibility index (Phi) is 4.37. The molecule has 0 amide bonds. The molecule has 2 rings (SSSR count). The number of hydrogen-bond acceptors (Lipinski definition) is 3. The second kappa shape index (κ2) is 6.05. The minimum absolute atomic E-state index is 0.0258. The van der Waals surface area contributed by atoms with E-state index in [1.165, 1.54) is 25.3 Å². The van der Waals surface area contributed by atoms with Crippen molar-refractivity contribution in [1.82, 2.24) is 0 Å². The van der Waals surface area contributed by atoms with Crippen molar-refractivity contribution in [3.05, 3.63) is 53.6 Å². The van der Waals surface area contributed by atoms with E-state index in [2.05, 4.69) is 0 Å². The van der Waals surface area contributed by atoms with Crippen LogP contribution < -0.4 is 15.2 Å². The Morgan fingerprint density at radius 1 is 1.00 bits per heavy atom. The molecule has 6 heteroatoms. The highest BCUT2D eigenvalue weighted by molar-refractivity contribution is 5.46. The zero-order chi connectivity index (χ0) is 15.5. The van der Waals surface area contributed by atoms with E-state index < -0.39 is 11.7 Å². The highest BCUT2D eigenvalue weighted by atomic mass is 19.4. The Bertz CT molecular complexity index is 627. The molecule has 0 bridgehead atoms. The van der Waals surface area contributed by atoms with E-state index in [4.69, 9.17) is 15.2 Å². The van der Waals surface area contributed by atoms with Crippen molar-refractivity contribution in [3.8, 4) is 17.2 Å². The number of hydrogen-bond donors (Lipinski definition) is 1. The Morgan fingerprint density at radius 2 is 1.67 bits per heavy atom. The van der Waals surface area contributed by atoms with Crippen LogP contribution in [0.1, 0.15) is 11.1 Å². The molecule has 0 atom stereocenters. The van der Waals surface area contributed by atoms with Gasteiger partial charge in [0, 0.05) is 6.54 Å². The fourth-order valence-corrected chi connectivity index (χ4v) is 1.84. The van der Waals surface area contributed by atoms with Crippen LogP contribution in [0.2, 0.25) is 0 Å². The van der Waals surface area contributed by atoms with Crippen LogP contribution in [0.15, 0.2) is 42.5 Å². The van der Waals surface area contributed by atoms with Gasteiger partial charge < -0.3 is 15.2 Å². The van der Waals surface area contributed by atoms with E-state index in [1.54, 1.807) is 18.2 Å². The van der Waals surface area contributed by atoms with Crippen LogP contribution in [-0.4, -0.2) is 7.11 Å². The van der Waals surface area contributed by atoms with Gasteiger partial charge in [-0.25, -0.2) is 0 Å². The van der Waals surface area contributed by atoms with E-state index >= 15 is 0 Å². The number of rotatable bonds is 4. The van der Waals surface area contributed by atoms with Crippen molar-refractivity contribution in [2.24, 2.45) is 5.73 Å². The molecule has 0 aromatic heterocycles. The maximum Gasteiger partial charge on any atom is 0.419 e. The number of benzene rings is 2. The lowest BCUT2D eigenvalue weighted by molar-refractivity contribution is -0.138. The minimum Gasteiger partial charge on any atom is -0.493 e. The van der Waals surface area contributed by atoms with Gasteiger partial charge in [-0.15, -0.1) is 0 Å². The molecule has 0 aliphatic heterocycles. The highest BCUT2D eigenvalue weighted by Gasteiger charge is 2.35. The van der Waals surface area contributed by atoms with Gasteiger partial charge in [0.15, 0.2) is 11.5 Å². The molecule has 0 fully saturated rings. The second-order valence-electron chi connectivity index (χ2n) is 4.29. The monoisotopic (exact) mass is 297 g/mol. The summed E-state index contributed by atoms with van der Waals surface area (Å²) in [6.07, 6.45) is -4.53. The van der Waals surface area contributed by atoms with Crippen molar-refractivity contribution < 1.29 is 22.6 Å². The van der Waals surface area contributed by atoms with E-state index in [9.17, 15) is 13.2 Å². The normalized spacial score (nSPS) is 11.3. The molecule has 0 saturated heterocycles. The molecule has 0 radical (unpaired) electrons. The zero-order valence-corrected chi connectivity index (χ0v) is 11.3. The molecule has 0 saturated carbocycles. The molecule has 2 aromatic carbocycles. The van der Waals surface area contributed by atoms with Gasteiger partial charge in [0.05, 0.1) is 12.7 Å². The average molecular weight is 297 g/mol. The third kappa shape index (κ3) is 3.46. The van der Waals surface area contributed by atoms with Crippen LogP contribution >= 0.6 is 0 Å². The number of ether oxygens (including phenoxy) is 2. The first-order valence-electron chi connectivity index (χ1n) is 6.16. The summed E-state index contributed by atoms with van der Waals surface area (Å²) in [5, 5.41) is 0. The number of nitrogens with two attached hydrogens (primary N) is 1. The third-order valence-electron chi connectivity index (χ3n) is 2.87. The lowest BCUT2D eigenvalue weighted by atomic mass is 10.1. The van der Waals surface area contributed by atoms with Crippen LogP contribution in [0.25, 0.3) is 0 Å². The molecule has 0 spiro atoms. The summed E-state index contributed by atoms with van der Waals surface area (Å²) in [6.45, 7) is 0.0258. The number of alkyl halides is 3. The summed E-state index contributed by atoms with van der Waals surface area (Å²) < 4.78 is 49.7. The summed E-state index contributed by atoms with van der Waals surface area (Å²) in [5.74, 6) is 0.281. The highest BCUT2D eigenvalue weighted by Crippen LogP contribution is 2.40. The van der Waals surface area contributed by atoms with E-state index in [-0.39, 0.29) is 18.0 Å². The van der Waals surface area contributed by atoms with Gasteiger partial charge in [-0.1, -0.05) is 18.2 Å². The zero-order valence-electron chi connectivity index (χ0n) is 11.3. The first kappa shape index (κ1) is 15.2. The fraction of sp³-hybridized carbons (Fsp3) is 0.200. The lowest BCUT2D eigenvalue weighted by Gasteiger charge is -2.16. The first-order valence-corrected chi connectivity index (χ1v) is 6.16. The van der Waals surface area contributed by atoms with Crippen molar-refractivity contribution >= 4 is 0 Å². The van der Waals surface area contributed by atoms with Gasteiger partial charge in [0.1, 0.15) is 5.75 Å². The smallest absolute Gasteiger partial charge is 0.419 e. The third-order valence-corrected chi connectivity index (χ3v) is 2.87. The van der Waals surface area contributed by atoms with Crippen LogP contribution in [0.3, 0.4) is 0 Å². The standard InChI is InChI=1S/C15H14F3NO2/c1-20-13-4-2-3-5-14(13)21-12-7-6-10(9-19)8-11(12)15(16,17)18/h2-8H,9,19H2,1H3. The quantitative estimate of drug-likeness (QED) is 0.929. The summed E-state index contributed by atoms with van der Waals surface area (Å²) in [7, 11) is 1.42. The van der Waals surface area contributed by atoms with Gasteiger partial charge >= 0.3 is 6.18 Å². The molecule has 2 N–H and O–H groups in total. The molecule has 0 aliphatic carbocycles. The van der Waals surface area contributed by atoms with Crippen LogP contribution in [0.4, 0.5) is 13.2 Å². The molecule has 0 aliphatic rings. The maximum atomic E-state index is 13.1. The molecule has 0 unspecified atom stereocenters. The topological polar surface area (TPSA) is 44.5 Å². The molecule has 112 valence electrons. The SMILES string of the molecule is COc1ccccc1Oc1ccc(CN)cc1C(F)(F)F. The van der Waals surface area contributed by atoms with E-state index in [1.807, 2.05) is 0 Å². The predicted molar refractivity (Wildman–Crippen MR) is 72.4 cm³/mol. The van der Waals surface area contributed by atoms with E-state index in [0.29, 0.717) is 11.3 Å². The number of para-hydroxylation sites is 2. The van der Waals surface area contributed by atoms with Crippen molar-refractivity contribution in [3.63, 3.8) is 0 Å². The number of methoxy groups -OCH3 is 1. The average Bonchev–Trinajstić information content (AvgIpc) is 2.47. The van der Waals surface area contributed by atoms with Gasteiger partial charge in [0.25, 0.3) is 0 Å². The Morgan fingerprint density at radius 3 is 2.24 bits per heavy atom. The van der Waals surface area contributed by atoms with Crippen LogP contribution in [0.5, 0.6) is 17.2 Å². The summed E-state index contributed by atoms with van der Waals surface area (Å²) in [5.41, 5.74) is 4.90. The van der Waals surface area contributed by atoms with Crippen LogP contribution in [0, 0.1) is 0 Å². The largest absolute Gasteiger partial charge is 0.493 e. The first-order chi connectivity index (χ1) is 9.95. The second-order valence-corrected chi connectivity index (χ2v) is 4.29. The molecule has 3 nitrogen and oxygen atoms in total. The molecule has 21 heavy (non-hydrogen) atoms. The molecular weight excluding hydrogens is 283 g/mol. The van der Waals surface area contributed by atoms with Gasteiger partial charge in [0.2, 0.25) is 0 Å². The van der Waals surface area contributed by atoms with Crippen molar-refractivity contribution in [2.45, 2.75) is 12.7 Å². The van der Waals surface area contributed by atoms with Crippen molar-refractivity contribution in [1.29, 1.82) is 0 Å².